The van der Waals surface area contributed by atoms with E-state index in [1.165, 1.54) is 0 Å². The maximum atomic E-state index is 9.03. The number of nitrogens with zero attached hydrogens (tertiary/aromatic N) is 1. The fourth-order valence-corrected chi connectivity index (χ4v) is 0.274. The summed E-state index contributed by atoms with van der Waals surface area (Å²) >= 11 is 0. The van der Waals surface area contributed by atoms with Crippen LogP contribution in [-0.2, 0) is 0 Å². The third-order valence-corrected chi connectivity index (χ3v) is 0.868. The summed E-state index contributed by atoms with van der Waals surface area (Å²) in [5.74, 6) is 0.262. The third kappa shape index (κ3) is 1.93. The molecule has 3 N–H and O–H groups in total. The van der Waals surface area contributed by atoms with Gasteiger partial charge in [-0.25, -0.2) is 0 Å². The van der Waals surface area contributed by atoms with E-state index in [0.29, 0.717) is 0 Å². The minimum Gasteiger partial charge on any atom is -0.385 e. The van der Waals surface area contributed by atoms with Crippen LogP contribution in [0.15, 0.2) is 4.99 Å². The summed E-state index contributed by atoms with van der Waals surface area (Å²) in [5, 5.41) is 9.03. The van der Waals surface area contributed by atoms with Crippen LogP contribution >= 0.6 is 0 Å². The predicted octanol–water partition coefficient (Wildman–Crippen LogP) is -0.256. The number of amidine groups is 1. The molecule has 0 amide bonds. The van der Waals surface area contributed by atoms with Gasteiger partial charge < -0.3 is 10.8 Å². The van der Waals surface area contributed by atoms with Crippen LogP contribution in [0.5, 0.6) is 0 Å². The predicted molar refractivity (Wildman–Crippen MR) is 33.8 cm³/mol. The average Bonchev–Trinajstić information content (AvgIpc) is 1.62. The van der Waals surface area contributed by atoms with Crippen molar-refractivity contribution in [3.63, 3.8) is 0 Å². The maximum absolute atomic E-state index is 9.03. The van der Waals surface area contributed by atoms with E-state index in [2.05, 4.69) is 4.99 Å². The standard InChI is InChI=1S/C5H12N2O/c1-5(2,8)4(6)7-3/h8H,1-3H3,(H2,6,7). The molecule has 0 unspecified atom stereocenters. The number of hydrogen-bond donors (Lipinski definition) is 2. The molecule has 0 aliphatic rings. The quantitative estimate of drug-likeness (QED) is 0.366. The zero-order valence-electron chi connectivity index (χ0n) is 5.47. The van der Waals surface area contributed by atoms with E-state index in [4.69, 9.17) is 10.8 Å². The Morgan fingerprint density at radius 2 is 2.00 bits per heavy atom. The lowest BCUT2D eigenvalue weighted by Gasteiger charge is -2.14. The summed E-state index contributed by atoms with van der Waals surface area (Å²) in [6, 6.07) is 0. The zero-order chi connectivity index (χ0) is 6.78. The van der Waals surface area contributed by atoms with Gasteiger partial charge in [0.15, 0.2) is 0 Å². The van der Waals surface area contributed by atoms with Crippen LogP contribution in [-0.4, -0.2) is 23.6 Å². The molecule has 0 aromatic heterocycles. The first kappa shape index (κ1) is 7.43. The lowest BCUT2D eigenvalue weighted by atomic mass is 10.1. The second-order valence-corrected chi connectivity index (χ2v) is 2.17. The van der Waals surface area contributed by atoms with Gasteiger partial charge >= 0.3 is 0 Å². The lowest BCUT2D eigenvalue weighted by molar-refractivity contribution is 0.152. The van der Waals surface area contributed by atoms with Gasteiger partial charge in [0.1, 0.15) is 11.4 Å². The maximum Gasteiger partial charge on any atom is 0.125 e. The van der Waals surface area contributed by atoms with Crippen molar-refractivity contribution in [2.75, 3.05) is 7.05 Å². The van der Waals surface area contributed by atoms with Crippen LogP contribution in [0.25, 0.3) is 0 Å². The van der Waals surface area contributed by atoms with Gasteiger partial charge in [0.25, 0.3) is 0 Å². The minimum absolute atomic E-state index is 0.262. The number of nitrogens with two attached hydrogens (primary N) is 1. The number of hydrogen-bond acceptors (Lipinski definition) is 2. The number of rotatable bonds is 1. The Bertz CT molecular complexity index is 101. The van der Waals surface area contributed by atoms with Gasteiger partial charge in [-0.1, -0.05) is 0 Å². The normalized spacial score (nSPS) is 14.2. The highest BCUT2D eigenvalue weighted by atomic mass is 16.3. The van der Waals surface area contributed by atoms with Crippen molar-refractivity contribution in [2.45, 2.75) is 19.4 Å². The highest BCUT2D eigenvalue weighted by molar-refractivity contribution is 5.87. The van der Waals surface area contributed by atoms with Crippen molar-refractivity contribution < 1.29 is 5.11 Å². The monoisotopic (exact) mass is 116 g/mol. The summed E-state index contributed by atoms with van der Waals surface area (Å²) in [5.41, 5.74) is 4.29. The molecule has 0 radical (unpaired) electrons. The van der Waals surface area contributed by atoms with Gasteiger partial charge in [0.05, 0.1) is 0 Å². The van der Waals surface area contributed by atoms with Crippen molar-refractivity contribution >= 4 is 5.84 Å². The first-order valence-electron chi connectivity index (χ1n) is 2.43. The molecule has 0 aromatic carbocycles. The van der Waals surface area contributed by atoms with E-state index in [9.17, 15) is 0 Å². The van der Waals surface area contributed by atoms with E-state index in [0.717, 1.165) is 0 Å². The molecule has 0 heterocycles. The van der Waals surface area contributed by atoms with E-state index < -0.39 is 5.60 Å². The molecule has 0 saturated heterocycles. The molecule has 3 heteroatoms. The summed E-state index contributed by atoms with van der Waals surface area (Å²) in [4.78, 5) is 3.60. The van der Waals surface area contributed by atoms with Gasteiger partial charge in [0.2, 0.25) is 0 Å². The first-order valence-corrected chi connectivity index (χ1v) is 2.43. The van der Waals surface area contributed by atoms with E-state index in [1.807, 2.05) is 0 Å². The van der Waals surface area contributed by atoms with Crippen molar-refractivity contribution in [1.82, 2.24) is 0 Å². The smallest absolute Gasteiger partial charge is 0.125 e. The Kier molecular flexibility index (Phi) is 1.98. The lowest BCUT2D eigenvalue weighted by Crippen LogP contribution is -2.37. The average molecular weight is 116 g/mol. The molecule has 0 aliphatic carbocycles. The van der Waals surface area contributed by atoms with Gasteiger partial charge in [-0.3, -0.25) is 4.99 Å². The molecule has 48 valence electrons. The molecular weight excluding hydrogens is 104 g/mol. The van der Waals surface area contributed by atoms with Crippen LogP contribution in [0, 0.1) is 0 Å². The Morgan fingerprint density at radius 1 is 1.62 bits per heavy atom. The number of aliphatic imine (C=N–C) groups is 1. The highest BCUT2D eigenvalue weighted by Crippen LogP contribution is 1.98. The van der Waals surface area contributed by atoms with E-state index in [-0.39, 0.29) is 5.84 Å². The van der Waals surface area contributed by atoms with E-state index in [1.54, 1.807) is 20.9 Å². The Balaban J connectivity index is 4.03. The fourth-order valence-electron chi connectivity index (χ4n) is 0.274. The van der Waals surface area contributed by atoms with Crippen molar-refractivity contribution in [2.24, 2.45) is 10.7 Å². The molecule has 0 bridgehead atoms. The third-order valence-electron chi connectivity index (χ3n) is 0.868. The second kappa shape index (κ2) is 2.13. The Labute approximate surface area is 49.2 Å². The summed E-state index contributed by atoms with van der Waals surface area (Å²) < 4.78 is 0. The van der Waals surface area contributed by atoms with Crippen LogP contribution in [0.2, 0.25) is 0 Å². The van der Waals surface area contributed by atoms with Crippen molar-refractivity contribution in [3.05, 3.63) is 0 Å². The van der Waals surface area contributed by atoms with E-state index >= 15 is 0 Å². The van der Waals surface area contributed by atoms with Crippen molar-refractivity contribution in [3.8, 4) is 0 Å². The Morgan fingerprint density at radius 3 is 2.00 bits per heavy atom. The molecule has 8 heavy (non-hydrogen) atoms. The summed E-state index contributed by atoms with van der Waals surface area (Å²) in [6.07, 6.45) is 0. The molecule has 0 aliphatic heterocycles. The molecule has 0 aromatic rings. The highest BCUT2D eigenvalue weighted by Gasteiger charge is 2.16. The van der Waals surface area contributed by atoms with Crippen LogP contribution in [0.1, 0.15) is 13.8 Å². The minimum atomic E-state index is -0.964. The summed E-state index contributed by atoms with van der Waals surface area (Å²) in [7, 11) is 1.55. The number of aliphatic hydroxyl groups is 1. The summed E-state index contributed by atoms with van der Waals surface area (Å²) in [6.45, 7) is 3.19. The van der Waals surface area contributed by atoms with Gasteiger partial charge in [-0.2, -0.15) is 0 Å². The molecule has 0 spiro atoms. The molecule has 3 nitrogen and oxygen atoms in total. The molecule has 0 rings (SSSR count). The molecule has 0 fully saturated rings. The van der Waals surface area contributed by atoms with Gasteiger partial charge in [-0.15, -0.1) is 0 Å². The Hall–Kier alpha value is -0.570. The fraction of sp³-hybridized carbons (Fsp3) is 0.800. The van der Waals surface area contributed by atoms with Crippen LogP contribution in [0.3, 0.4) is 0 Å². The first-order chi connectivity index (χ1) is 3.48. The van der Waals surface area contributed by atoms with Crippen molar-refractivity contribution in [1.29, 1.82) is 0 Å². The topological polar surface area (TPSA) is 58.6 Å². The SMILES string of the molecule is CN=C(N)C(C)(C)O. The largest absolute Gasteiger partial charge is 0.385 e. The van der Waals surface area contributed by atoms with Crippen LogP contribution in [0.4, 0.5) is 0 Å². The zero-order valence-corrected chi connectivity index (χ0v) is 5.47. The van der Waals surface area contributed by atoms with Crippen LogP contribution < -0.4 is 5.73 Å². The molecular formula is C5H12N2O. The van der Waals surface area contributed by atoms with Gasteiger partial charge in [-0.05, 0) is 13.8 Å². The second-order valence-electron chi connectivity index (χ2n) is 2.17. The molecule has 0 saturated carbocycles. The molecule has 0 atom stereocenters. The van der Waals surface area contributed by atoms with Gasteiger partial charge in [0, 0.05) is 7.05 Å².